The van der Waals surface area contributed by atoms with Gasteiger partial charge in [0, 0.05) is 19.1 Å². The van der Waals surface area contributed by atoms with E-state index in [9.17, 15) is 8.78 Å². The summed E-state index contributed by atoms with van der Waals surface area (Å²) in [5, 5.41) is 8.96. The topological polar surface area (TPSA) is 26.7 Å². The van der Waals surface area contributed by atoms with Gasteiger partial charge >= 0.3 is 0 Å². The number of aliphatic hydroxyl groups excluding tert-OH is 1. The Balaban J connectivity index is 2.30. The van der Waals surface area contributed by atoms with Crippen molar-refractivity contribution in [3.8, 4) is 0 Å². The van der Waals surface area contributed by atoms with Gasteiger partial charge < -0.3 is 14.9 Å². The maximum absolute atomic E-state index is 14.1. The molecule has 0 aliphatic carbocycles. The van der Waals surface area contributed by atoms with Crippen LogP contribution in [0.3, 0.4) is 0 Å². The first kappa shape index (κ1) is 14.2. The van der Waals surface area contributed by atoms with Crippen molar-refractivity contribution in [2.75, 3.05) is 32.1 Å². The Hall–Kier alpha value is -1.20. The van der Waals surface area contributed by atoms with Crippen molar-refractivity contribution >= 4 is 5.69 Å². The van der Waals surface area contributed by atoms with Gasteiger partial charge in [-0.1, -0.05) is 0 Å². The van der Waals surface area contributed by atoms with Crippen molar-refractivity contribution in [2.45, 2.75) is 25.5 Å². The maximum atomic E-state index is 14.1. The van der Waals surface area contributed by atoms with Crippen molar-refractivity contribution in [3.63, 3.8) is 0 Å². The largest absolute Gasteiger partial charge is 0.392 e. The van der Waals surface area contributed by atoms with E-state index >= 15 is 0 Å². The number of hydrogen-bond acceptors (Lipinski definition) is 3. The summed E-state index contributed by atoms with van der Waals surface area (Å²) in [6.45, 7) is 1.10. The Morgan fingerprint density at radius 1 is 1.32 bits per heavy atom. The van der Waals surface area contributed by atoms with Crippen LogP contribution in [-0.2, 0) is 6.61 Å². The highest BCUT2D eigenvalue weighted by atomic mass is 19.1. The van der Waals surface area contributed by atoms with E-state index in [0.29, 0.717) is 6.54 Å². The third kappa shape index (κ3) is 3.04. The normalized spacial score (nSPS) is 19.5. The summed E-state index contributed by atoms with van der Waals surface area (Å²) in [5.74, 6) is -1.18. The molecule has 1 fully saturated rings. The molecule has 106 valence electrons. The molecular weight excluding hydrogens is 250 g/mol. The summed E-state index contributed by atoms with van der Waals surface area (Å²) in [4.78, 5) is 3.84. The third-order valence-electron chi connectivity index (χ3n) is 3.50. The second-order valence-corrected chi connectivity index (χ2v) is 5.32. The molecule has 19 heavy (non-hydrogen) atoms. The van der Waals surface area contributed by atoms with E-state index in [1.165, 1.54) is 12.1 Å². The molecule has 1 aromatic rings. The molecule has 0 radical (unpaired) electrons. The minimum absolute atomic E-state index is 0.0431. The summed E-state index contributed by atoms with van der Waals surface area (Å²) in [5.41, 5.74) is 0.309. The molecule has 1 atom stereocenters. The van der Waals surface area contributed by atoms with Gasteiger partial charge in [-0.15, -0.1) is 0 Å². The summed E-state index contributed by atoms with van der Waals surface area (Å²) in [6, 6.07) is 2.56. The van der Waals surface area contributed by atoms with Crippen LogP contribution in [0.5, 0.6) is 0 Å². The van der Waals surface area contributed by atoms with Crippen molar-refractivity contribution in [2.24, 2.45) is 0 Å². The number of anilines is 1. The summed E-state index contributed by atoms with van der Waals surface area (Å²) >= 11 is 0. The average Bonchev–Trinajstić information content (AvgIpc) is 2.75. The molecule has 0 bridgehead atoms. The van der Waals surface area contributed by atoms with E-state index in [0.717, 1.165) is 19.4 Å². The number of benzene rings is 1. The van der Waals surface area contributed by atoms with E-state index in [-0.39, 0.29) is 23.9 Å². The van der Waals surface area contributed by atoms with Gasteiger partial charge in [0.05, 0.1) is 6.61 Å². The molecule has 0 amide bonds. The van der Waals surface area contributed by atoms with E-state index in [2.05, 4.69) is 0 Å². The number of halogens is 2. The Morgan fingerprint density at radius 3 is 2.47 bits per heavy atom. The van der Waals surface area contributed by atoms with Crippen LogP contribution in [0.25, 0.3) is 0 Å². The fraction of sp³-hybridized carbons (Fsp3) is 0.571. The van der Waals surface area contributed by atoms with Gasteiger partial charge in [0.15, 0.2) is 0 Å². The van der Waals surface area contributed by atoms with E-state index in [1.807, 2.05) is 23.9 Å². The maximum Gasteiger partial charge on any atom is 0.149 e. The molecule has 1 saturated heterocycles. The SMILES string of the molecule is CN(C)CC1CCCN1c1c(F)cc(CO)cc1F. The third-order valence-corrected chi connectivity index (χ3v) is 3.50. The Morgan fingerprint density at radius 2 is 1.95 bits per heavy atom. The van der Waals surface area contributed by atoms with E-state index < -0.39 is 11.6 Å². The van der Waals surface area contributed by atoms with E-state index in [4.69, 9.17) is 5.11 Å². The second-order valence-electron chi connectivity index (χ2n) is 5.32. The monoisotopic (exact) mass is 270 g/mol. The standard InChI is InChI=1S/C14H20F2N2O/c1-17(2)8-11-4-3-5-18(11)14-12(15)6-10(9-19)7-13(14)16/h6-7,11,19H,3-5,8-9H2,1-2H3. The fourth-order valence-electron chi connectivity index (χ4n) is 2.73. The predicted molar refractivity (Wildman–Crippen MR) is 71.2 cm³/mol. The molecule has 1 aliphatic rings. The van der Waals surface area contributed by atoms with Crippen LogP contribution in [0.15, 0.2) is 12.1 Å². The summed E-state index contributed by atoms with van der Waals surface area (Å²) in [6.07, 6.45) is 1.89. The van der Waals surface area contributed by atoms with Gasteiger partial charge in [-0.05, 0) is 44.6 Å². The van der Waals surface area contributed by atoms with Crippen molar-refractivity contribution in [3.05, 3.63) is 29.3 Å². The zero-order valence-corrected chi connectivity index (χ0v) is 11.4. The van der Waals surface area contributed by atoms with Crippen LogP contribution in [0.4, 0.5) is 14.5 Å². The fourth-order valence-corrected chi connectivity index (χ4v) is 2.73. The molecule has 1 unspecified atom stereocenters. The molecule has 3 nitrogen and oxygen atoms in total. The molecule has 0 aromatic heterocycles. The number of rotatable bonds is 4. The van der Waals surface area contributed by atoms with Crippen LogP contribution in [0, 0.1) is 11.6 Å². The molecule has 1 aromatic carbocycles. The zero-order chi connectivity index (χ0) is 14.0. The Kier molecular flexibility index (Phi) is 4.37. The van der Waals surface area contributed by atoms with Crippen LogP contribution >= 0.6 is 0 Å². The van der Waals surface area contributed by atoms with Gasteiger partial charge in [0.25, 0.3) is 0 Å². The smallest absolute Gasteiger partial charge is 0.149 e. The lowest BCUT2D eigenvalue weighted by Crippen LogP contribution is -2.38. The lowest BCUT2D eigenvalue weighted by molar-refractivity contribution is 0.280. The first-order valence-electron chi connectivity index (χ1n) is 6.53. The Bertz CT molecular complexity index is 428. The molecule has 5 heteroatoms. The quantitative estimate of drug-likeness (QED) is 0.906. The number of likely N-dealkylation sites (N-methyl/N-ethyl adjacent to an activating group) is 1. The first-order valence-corrected chi connectivity index (χ1v) is 6.53. The highest BCUT2D eigenvalue weighted by molar-refractivity contribution is 5.52. The number of nitrogens with zero attached hydrogens (tertiary/aromatic N) is 2. The van der Waals surface area contributed by atoms with Crippen molar-refractivity contribution in [1.82, 2.24) is 4.90 Å². The molecule has 0 spiro atoms. The van der Waals surface area contributed by atoms with E-state index in [1.54, 1.807) is 0 Å². The first-order chi connectivity index (χ1) is 9.02. The lowest BCUT2D eigenvalue weighted by atomic mass is 10.1. The molecule has 1 N–H and O–H groups in total. The minimum Gasteiger partial charge on any atom is -0.392 e. The minimum atomic E-state index is -0.588. The van der Waals surface area contributed by atoms with Crippen LogP contribution in [-0.4, -0.2) is 43.2 Å². The second kappa shape index (κ2) is 5.84. The van der Waals surface area contributed by atoms with Crippen LogP contribution in [0.1, 0.15) is 18.4 Å². The number of aliphatic hydroxyl groups is 1. The highest BCUT2D eigenvalue weighted by Gasteiger charge is 2.29. The van der Waals surface area contributed by atoms with Crippen LogP contribution in [0.2, 0.25) is 0 Å². The predicted octanol–water partition coefficient (Wildman–Crippen LogP) is 1.99. The lowest BCUT2D eigenvalue weighted by Gasteiger charge is -2.29. The molecule has 1 heterocycles. The van der Waals surface area contributed by atoms with Gasteiger partial charge in [-0.25, -0.2) is 8.78 Å². The van der Waals surface area contributed by atoms with Gasteiger partial charge in [-0.2, -0.15) is 0 Å². The van der Waals surface area contributed by atoms with Crippen LogP contribution < -0.4 is 4.90 Å². The molecule has 0 saturated carbocycles. The van der Waals surface area contributed by atoms with Gasteiger partial charge in [0.2, 0.25) is 0 Å². The summed E-state index contributed by atoms with van der Waals surface area (Å²) < 4.78 is 28.1. The van der Waals surface area contributed by atoms with Crippen molar-refractivity contribution in [1.29, 1.82) is 0 Å². The molecule has 2 rings (SSSR count). The van der Waals surface area contributed by atoms with Gasteiger partial charge in [-0.3, -0.25) is 0 Å². The van der Waals surface area contributed by atoms with Crippen molar-refractivity contribution < 1.29 is 13.9 Å². The Labute approximate surface area is 112 Å². The van der Waals surface area contributed by atoms with Gasteiger partial charge in [0.1, 0.15) is 17.3 Å². The highest BCUT2D eigenvalue weighted by Crippen LogP contribution is 2.31. The number of hydrogen-bond donors (Lipinski definition) is 1. The molecular formula is C14H20F2N2O. The average molecular weight is 270 g/mol. The summed E-state index contributed by atoms with van der Waals surface area (Å²) in [7, 11) is 3.91. The molecule has 1 aliphatic heterocycles. The zero-order valence-electron chi connectivity index (χ0n) is 11.4.